The number of aliphatic carboxylic acids is 1. The Morgan fingerprint density at radius 1 is 1.03 bits per heavy atom. The van der Waals surface area contributed by atoms with Crippen molar-refractivity contribution in [1.29, 1.82) is 0 Å². The van der Waals surface area contributed by atoms with E-state index in [0.29, 0.717) is 6.42 Å². The molecule has 0 aliphatic heterocycles. The molecule has 164 valence electrons. The predicted molar refractivity (Wildman–Crippen MR) is 118 cm³/mol. The molecule has 2 N–H and O–H groups in total. The molecular formula is C24H17BrF3NO3. The van der Waals surface area contributed by atoms with Gasteiger partial charge in [0.15, 0.2) is 5.75 Å². The molecule has 0 aliphatic carbocycles. The number of carbonyl (C=O) groups is 1. The smallest absolute Gasteiger partial charge is 0.420 e. The van der Waals surface area contributed by atoms with Crippen molar-refractivity contribution >= 4 is 32.8 Å². The van der Waals surface area contributed by atoms with E-state index in [1.165, 1.54) is 6.07 Å². The number of H-pyrrole nitrogens is 1. The van der Waals surface area contributed by atoms with Crippen LogP contribution in [-0.4, -0.2) is 16.1 Å². The first-order valence-electron chi connectivity index (χ1n) is 9.64. The molecule has 1 heterocycles. The van der Waals surface area contributed by atoms with E-state index in [1.54, 1.807) is 18.2 Å². The molecule has 0 atom stereocenters. The van der Waals surface area contributed by atoms with Gasteiger partial charge in [0.05, 0.1) is 16.5 Å². The van der Waals surface area contributed by atoms with Crippen LogP contribution in [0.2, 0.25) is 0 Å². The minimum atomic E-state index is -4.72. The van der Waals surface area contributed by atoms with Crippen molar-refractivity contribution in [3.05, 3.63) is 93.6 Å². The SMILES string of the molecule is O=C(O)Cc1cc(Br)c(Oc2ccc3[nH]cc(Cc4ccccc4)c3c2)c(C(F)(F)F)c1. The van der Waals surface area contributed by atoms with Gasteiger partial charge in [-0.05, 0) is 69.4 Å². The number of carboxylic acids is 1. The van der Waals surface area contributed by atoms with Crippen molar-refractivity contribution in [3.8, 4) is 11.5 Å². The van der Waals surface area contributed by atoms with Crippen LogP contribution in [0.15, 0.2) is 71.3 Å². The van der Waals surface area contributed by atoms with Gasteiger partial charge in [-0.15, -0.1) is 0 Å². The number of hydrogen-bond acceptors (Lipinski definition) is 2. The van der Waals surface area contributed by atoms with Crippen molar-refractivity contribution < 1.29 is 27.8 Å². The minimum Gasteiger partial charge on any atom is -0.481 e. The van der Waals surface area contributed by atoms with Gasteiger partial charge in [-0.2, -0.15) is 13.2 Å². The van der Waals surface area contributed by atoms with Gasteiger partial charge in [-0.25, -0.2) is 0 Å². The monoisotopic (exact) mass is 503 g/mol. The van der Waals surface area contributed by atoms with E-state index in [2.05, 4.69) is 20.9 Å². The highest BCUT2D eigenvalue weighted by atomic mass is 79.9. The van der Waals surface area contributed by atoms with Gasteiger partial charge in [0.25, 0.3) is 0 Å². The summed E-state index contributed by atoms with van der Waals surface area (Å²) in [6, 6.07) is 17.0. The Bertz CT molecular complexity index is 1280. The van der Waals surface area contributed by atoms with Crippen LogP contribution in [0.4, 0.5) is 13.2 Å². The lowest BCUT2D eigenvalue weighted by atomic mass is 10.0. The van der Waals surface area contributed by atoms with E-state index in [9.17, 15) is 18.0 Å². The van der Waals surface area contributed by atoms with E-state index in [0.717, 1.165) is 28.1 Å². The second-order valence-corrected chi connectivity index (χ2v) is 8.16. The summed E-state index contributed by atoms with van der Waals surface area (Å²) in [5.41, 5.74) is 1.92. The Hall–Kier alpha value is -3.26. The number of rotatable bonds is 6. The third-order valence-corrected chi connectivity index (χ3v) is 5.55. The molecule has 32 heavy (non-hydrogen) atoms. The molecule has 0 saturated carbocycles. The van der Waals surface area contributed by atoms with Crippen LogP contribution >= 0.6 is 15.9 Å². The third kappa shape index (κ3) is 4.80. The molecule has 4 rings (SSSR count). The maximum Gasteiger partial charge on any atom is 0.420 e. The molecule has 0 fully saturated rings. The van der Waals surface area contributed by atoms with Gasteiger partial charge in [-0.1, -0.05) is 30.3 Å². The first-order valence-corrected chi connectivity index (χ1v) is 10.4. The van der Waals surface area contributed by atoms with Crippen molar-refractivity contribution in [2.24, 2.45) is 0 Å². The van der Waals surface area contributed by atoms with Gasteiger partial charge in [-0.3, -0.25) is 4.79 Å². The average Bonchev–Trinajstić information content (AvgIpc) is 3.11. The number of alkyl halides is 3. The van der Waals surface area contributed by atoms with E-state index < -0.39 is 29.9 Å². The number of fused-ring (bicyclic) bond motifs is 1. The van der Waals surface area contributed by atoms with E-state index >= 15 is 0 Å². The topological polar surface area (TPSA) is 62.3 Å². The lowest BCUT2D eigenvalue weighted by molar-refractivity contribution is -0.139. The molecule has 0 saturated heterocycles. The van der Waals surface area contributed by atoms with E-state index in [4.69, 9.17) is 9.84 Å². The van der Waals surface area contributed by atoms with Crippen LogP contribution in [0.1, 0.15) is 22.3 Å². The Kier molecular flexibility index (Phi) is 5.97. The summed E-state index contributed by atoms with van der Waals surface area (Å²) in [4.78, 5) is 14.1. The molecule has 0 radical (unpaired) electrons. The highest BCUT2D eigenvalue weighted by molar-refractivity contribution is 9.10. The van der Waals surface area contributed by atoms with Crippen LogP contribution in [0, 0.1) is 0 Å². The number of ether oxygens (including phenoxy) is 1. The molecule has 0 unspecified atom stereocenters. The number of benzene rings is 3. The standard InChI is InChI=1S/C24H17BrF3NO3/c25-20-10-15(11-22(30)31)9-19(24(26,27)28)23(20)32-17-6-7-21-18(12-17)16(13-29-21)8-14-4-2-1-3-5-14/h1-7,9-10,12-13,29H,8,11H2,(H,30,31). The van der Waals surface area contributed by atoms with Crippen molar-refractivity contribution in [1.82, 2.24) is 4.98 Å². The number of halogens is 4. The van der Waals surface area contributed by atoms with Crippen molar-refractivity contribution in [2.75, 3.05) is 0 Å². The van der Waals surface area contributed by atoms with Crippen LogP contribution in [0.3, 0.4) is 0 Å². The molecule has 0 bridgehead atoms. The fraction of sp³-hybridized carbons (Fsp3) is 0.125. The third-order valence-electron chi connectivity index (χ3n) is 4.96. The minimum absolute atomic E-state index is 0.0234. The summed E-state index contributed by atoms with van der Waals surface area (Å²) in [6.45, 7) is 0. The fourth-order valence-corrected chi connectivity index (χ4v) is 4.13. The van der Waals surface area contributed by atoms with Gasteiger partial charge in [0.2, 0.25) is 0 Å². The molecular weight excluding hydrogens is 487 g/mol. The number of carboxylic acid groups (broad SMARTS) is 1. The lowest BCUT2D eigenvalue weighted by Gasteiger charge is -2.17. The van der Waals surface area contributed by atoms with Gasteiger partial charge in [0.1, 0.15) is 5.75 Å². The number of nitrogens with one attached hydrogen (secondary N) is 1. The van der Waals surface area contributed by atoms with Gasteiger partial charge < -0.3 is 14.8 Å². The molecule has 0 aliphatic rings. The van der Waals surface area contributed by atoms with Crippen LogP contribution in [-0.2, 0) is 23.8 Å². The van der Waals surface area contributed by atoms with Crippen LogP contribution < -0.4 is 4.74 Å². The van der Waals surface area contributed by atoms with Crippen molar-refractivity contribution in [2.45, 2.75) is 19.0 Å². The Morgan fingerprint density at radius 2 is 1.78 bits per heavy atom. The first-order chi connectivity index (χ1) is 15.2. The summed E-state index contributed by atoms with van der Waals surface area (Å²) in [7, 11) is 0. The molecule has 0 amide bonds. The Balaban J connectivity index is 1.71. The van der Waals surface area contributed by atoms with Gasteiger partial charge >= 0.3 is 12.1 Å². The highest BCUT2D eigenvalue weighted by Crippen LogP contribution is 2.43. The molecule has 4 aromatic rings. The summed E-state index contributed by atoms with van der Waals surface area (Å²) in [5, 5.41) is 9.78. The molecule has 8 heteroatoms. The maximum absolute atomic E-state index is 13.7. The zero-order chi connectivity index (χ0) is 22.9. The largest absolute Gasteiger partial charge is 0.481 e. The predicted octanol–water partition coefficient (Wildman–Crippen LogP) is 6.96. The molecule has 3 aromatic carbocycles. The summed E-state index contributed by atoms with van der Waals surface area (Å²) >= 11 is 3.11. The highest BCUT2D eigenvalue weighted by Gasteiger charge is 2.36. The second kappa shape index (κ2) is 8.70. The summed E-state index contributed by atoms with van der Waals surface area (Å²) in [5.74, 6) is -1.39. The first kappa shape index (κ1) is 22.0. The lowest BCUT2D eigenvalue weighted by Crippen LogP contribution is -2.10. The second-order valence-electron chi connectivity index (χ2n) is 7.31. The fourth-order valence-electron chi connectivity index (χ4n) is 3.54. The summed E-state index contributed by atoms with van der Waals surface area (Å²) < 4.78 is 46.8. The maximum atomic E-state index is 13.7. The zero-order valence-electron chi connectivity index (χ0n) is 16.5. The zero-order valence-corrected chi connectivity index (χ0v) is 18.1. The molecule has 1 aromatic heterocycles. The number of aromatic nitrogens is 1. The normalized spacial score (nSPS) is 11.6. The van der Waals surface area contributed by atoms with Crippen LogP contribution in [0.25, 0.3) is 10.9 Å². The number of hydrogen-bond donors (Lipinski definition) is 2. The number of aromatic amines is 1. The van der Waals surface area contributed by atoms with Gasteiger partial charge in [0, 0.05) is 17.1 Å². The Labute approximate surface area is 189 Å². The average molecular weight is 504 g/mol. The molecule has 4 nitrogen and oxygen atoms in total. The quantitative estimate of drug-likeness (QED) is 0.299. The summed E-state index contributed by atoms with van der Waals surface area (Å²) in [6.07, 6.45) is -2.71. The van der Waals surface area contributed by atoms with E-state index in [1.807, 2.05) is 36.5 Å². The van der Waals surface area contributed by atoms with E-state index in [-0.39, 0.29) is 15.8 Å². The van der Waals surface area contributed by atoms with Crippen LogP contribution in [0.5, 0.6) is 11.5 Å². The molecule has 0 spiro atoms. The van der Waals surface area contributed by atoms with Crippen molar-refractivity contribution in [3.63, 3.8) is 0 Å². The Morgan fingerprint density at radius 3 is 2.47 bits per heavy atom.